The van der Waals surface area contributed by atoms with Crippen LogP contribution in [0, 0.1) is 12.8 Å². The van der Waals surface area contributed by atoms with Crippen LogP contribution in [-0.4, -0.2) is 13.1 Å². The third kappa shape index (κ3) is 2.23. The van der Waals surface area contributed by atoms with Gasteiger partial charge >= 0.3 is 5.97 Å². The van der Waals surface area contributed by atoms with Gasteiger partial charge in [-0.25, -0.2) is 4.79 Å². The molecule has 122 valence electrons. The van der Waals surface area contributed by atoms with Crippen molar-refractivity contribution in [2.75, 3.05) is 12.4 Å². The lowest BCUT2D eigenvalue weighted by Gasteiger charge is -2.39. The summed E-state index contributed by atoms with van der Waals surface area (Å²) in [5.74, 6) is 0.413. The van der Waals surface area contributed by atoms with Gasteiger partial charge < -0.3 is 10.1 Å². The Morgan fingerprint density at radius 2 is 1.96 bits per heavy atom. The standard InChI is InChI=1S/C21H21NO2/c1-13-11-12-17(21(23)24-2)18-15-9-6-10-16(15)20(22-19(13)18)14-7-4-3-5-8-14/h3-9,11-12,15-16,20,22H,10H2,1-2H3/t15-,16+,20-/m1/s1. The van der Waals surface area contributed by atoms with E-state index in [1.54, 1.807) is 0 Å². The Labute approximate surface area is 142 Å². The number of aryl methyl sites for hydroxylation is 1. The molecule has 1 aliphatic carbocycles. The van der Waals surface area contributed by atoms with Crippen molar-refractivity contribution in [3.8, 4) is 0 Å². The Morgan fingerprint density at radius 1 is 1.17 bits per heavy atom. The third-order valence-electron chi connectivity index (χ3n) is 5.29. The second-order valence-electron chi connectivity index (χ2n) is 6.60. The van der Waals surface area contributed by atoms with Crippen LogP contribution < -0.4 is 5.32 Å². The first-order chi connectivity index (χ1) is 11.7. The molecule has 0 aromatic heterocycles. The number of hydrogen-bond donors (Lipinski definition) is 1. The number of allylic oxidation sites excluding steroid dienone is 2. The van der Waals surface area contributed by atoms with Gasteiger partial charge in [-0.15, -0.1) is 0 Å². The van der Waals surface area contributed by atoms with Gasteiger partial charge in [0.1, 0.15) is 0 Å². The SMILES string of the molecule is COC(=O)c1ccc(C)c2c1[C@@H]1C=CC[C@@H]1[C@@H](c1ccccc1)N2. The maximum atomic E-state index is 12.3. The number of benzene rings is 2. The molecule has 0 bridgehead atoms. The first-order valence-electron chi connectivity index (χ1n) is 8.40. The summed E-state index contributed by atoms with van der Waals surface area (Å²) in [6, 6.07) is 14.7. The lowest BCUT2D eigenvalue weighted by molar-refractivity contribution is 0.0598. The molecule has 3 nitrogen and oxygen atoms in total. The molecule has 0 amide bonds. The molecule has 0 saturated heterocycles. The summed E-state index contributed by atoms with van der Waals surface area (Å²) in [6.45, 7) is 2.09. The fraction of sp³-hybridized carbons (Fsp3) is 0.286. The van der Waals surface area contributed by atoms with Crippen LogP contribution in [-0.2, 0) is 4.74 Å². The molecule has 0 radical (unpaired) electrons. The van der Waals surface area contributed by atoms with E-state index >= 15 is 0 Å². The Kier molecular flexibility index (Phi) is 3.64. The summed E-state index contributed by atoms with van der Waals surface area (Å²) in [5, 5.41) is 3.72. The number of carbonyl (C=O) groups is 1. The largest absolute Gasteiger partial charge is 0.465 e. The van der Waals surface area contributed by atoms with Crippen LogP contribution in [0.25, 0.3) is 0 Å². The quantitative estimate of drug-likeness (QED) is 0.649. The van der Waals surface area contributed by atoms with E-state index in [1.807, 2.05) is 18.2 Å². The third-order valence-corrected chi connectivity index (χ3v) is 5.29. The summed E-state index contributed by atoms with van der Waals surface area (Å²) in [5.41, 5.74) is 5.31. The minimum atomic E-state index is -0.259. The highest BCUT2D eigenvalue weighted by Crippen LogP contribution is 2.51. The van der Waals surface area contributed by atoms with Crippen molar-refractivity contribution in [2.45, 2.75) is 25.3 Å². The van der Waals surface area contributed by atoms with Crippen molar-refractivity contribution in [1.82, 2.24) is 0 Å². The fourth-order valence-corrected chi connectivity index (χ4v) is 4.13. The fourth-order valence-electron chi connectivity index (χ4n) is 4.13. The molecule has 0 fully saturated rings. The number of ether oxygens (including phenoxy) is 1. The normalized spacial score (nSPS) is 24.0. The summed E-state index contributed by atoms with van der Waals surface area (Å²) >= 11 is 0. The lowest BCUT2D eigenvalue weighted by atomic mass is 9.75. The molecule has 1 N–H and O–H groups in total. The van der Waals surface area contributed by atoms with Gasteiger partial charge in [0.25, 0.3) is 0 Å². The number of anilines is 1. The first-order valence-corrected chi connectivity index (χ1v) is 8.40. The summed E-state index contributed by atoms with van der Waals surface area (Å²) in [7, 11) is 1.44. The number of carbonyl (C=O) groups excluding carboxylic acids is 1. The van der Waals surface area contributed by atoms with Crippen molar-refractivity contribution in [3.05, 3.63) is 76.9 Å². The molecule has 24 heavy (non-hydrogen) atoms. The summed E-state index contributed by atoms with van der Waals surface area (Å²) < 4.78 is 5.01. The molecular weight excluding hydrogens is 298 g/mol. The maximum Gasteiger partial charge on any atom is 0.338 e. The van der Waals surface area contributed by atoms with Gasteiger partial charge in [-0.3, -0.25) is 0 Å². The Morgan fingerprint density at radius 3 is 2.71 bits per heavy atom. The van der Waals surface area contributed by atoms with Crippen molar-refractivity contribution in [2.24, 2.45) is 5.92 Å². The molecule has 2 aliphatic rings. The molecule has 3 atom stereocenters. The van der Waals surface area contributed by atoms with Crippen LogP contribution in [0.15, 0.2) is 54.6 Å². The molecule has 1 aliphatic heterocycles. The highest BCUT2D eigenvalue weighted by Gasteiger charge is 2.40. The Bertz CT molecular complexity index is 810. The maximum absolute atomic E-state index is 12.3. The van der Waals surface area contributed by atoms with E-state index in [0.29, 0.717) is 11.5 Å². The van der Waals surface area contributed by atoms with Gasteiger partial charge in [0.05, 0.1) is 18.7 Å². The number of hydrogen-bond acceptors (Lipinski definition) is 3. The Balaban J connectivity index is 1.87. The number of methoxy groups -OCH3 is 1. The van der Waals surface area contributed by atoms with E-state index in [2.05, 4.69) is 48.7 Å². The predicted molar refractivity (Wildman–Crippen MR) is 95.3 cm³/mol. The molecule has 4 rings (SSSR count). The van der Waals surface area contributed by atoms with Crippen molar-refractivity contribution >= 4 is 11.7 Å². The second kappa shape index (κ2) is 5.82. The van der Waals surface area contributed by atoms with Gasteiger partial charge in [0.15, 0.2) is 0 Å². The predicted octanol–water partition coefficient (Wildman–Crippen LogP) is 4.61. The number of esters is 1. The van der Waals surface area contributed by atoms with E-state index in [1.165, 1.54) is 12.7 Å². The van der Waals surface area contributed by atoms with Gasteiger partial charge in [-0.05, 0) is 42.0 Å². The van der Waals surface area contributed by atoms with Crippen molar-refractivity contribution < 1.29 is 9.53 Å². The van der Waals surface area contributed by atoms with Crippen LogP contribution in [0.4, 0.5) is 5.69 Å². The molecule has 0 saturated carbocycles. The molecule has 1 heterocycles. The topological polar surface area (TPSA) is 38.3 Å². The molecule has 3 heteroatoms. The van der Waals surface area contributed by atoms with Gasteiger partial charge in [-0.1, -0.05) is 48.6 Å². The molecule has 0 unspecified atom stereocenters. The molecule has 2 aromatic carbocycles. The lowest BCUT2D eigenvalue weighted by Crippen LogP contribution is -2.31. The summed E-state index contributed by atoms with van der Waals surface area (Å²) in [4.78, 5) is 12.3. The average molecular weight is 319 g/mol. The highest BCUT2D eigenvalue weighted by atomic mass is 16.5. The van der Waals surface area contributed by atoms with Crippen molar-refractivity contribution in [3.63, 3.8) is 0 Å². The average Bonchev–Trinajstić information content (AvgIpc) is 3.11. The van der Waals surface area contributed by atoms with Crippen LogP contribution in [0.3, 0.4) is 0 Å². The zero-order chi connectivity index (χ0) is 16.7. The van der Waals surface area contributed by atoms with Crippen LogP contribution >= 0.6 is 0 Å². The van der Waals surface area contributed by atoms with Gasteiger partial charge in [0, 0.05) is 11.6 Å². The van der Waals surface area contributed by atoms with E-state index in [-0.39, 0.29) is 17.9 Å². The minimum Gasteiger partial charge on any atom is -0.465 e. The second-order valence-corrected chi connectivity index (χ2v) is 6.60. The van der Waals surface area contributed by atoms with Crippen LogP contribution in [0.1, 0.15) is 45.4 Å². The zero-order valence-corrected chi connectivity index (χ0v) is 14.0. The minimum absolute atomic E-state index is 0.250. The summed E-state index contributed by atoms with van der Waals surface area (Å²) in [6.07, 6.45) is 5.52. The van der Waals surface area contributed by atoms with Gasteiger partial charge in [0.2, 0.25) is 0 Å². The molecule has 2 aromatic rings. The highest BCUT2D eigenvalue weighted by molar-refractivity contribution is 5.94. The van der Waals surface area contributed by atoms with E-state index in [9.17, 15) is 4.79 Å². The smallest absolute Gasteiger partial charge is 0.338 e. The zero-order valence-electron chi connectivity index (χ0n) is 14.0. The van der Waals surface area contributed by atoms with E-state index < -0.39 is 0 Å². The Hall–Kier alpha value is -2.55. The van der Waals surface area contributed by atoms with E-state index in [4.69, 9.17) is 4.74 Å². The number of nitrogens with one attached hydrogen (secondary N) is 1. The van der Waals surface area contributed by atoms with Crippen LogP contribution in [0.2, 0.25) is 0 Å². The molecular formula is C21H21NO2. The number of rotatable bonds is 2. The van der Waals surface area contributed by atoms with Gasteiger partial charge in [-0.2, -0.15) is 0 Å². The first kappa shape index (κ1) is 15.0. The van der Waals surface area contributed by atoms with Crippen molar-refractivity contribution in [1.29, 1.82) is 0 Å². The monoisotopic (exact) mass is 319 g/mol. The van der Waals surface area contributed by atoms with E-state index in [0.717, 1.165) is 23.2 Å². The number of fused-ring (bicyclic) bond motifs is 3. The van der Waals surface area contributed by atoms with Crippen LogP contribution in [0.5, 0.6) is 0 Å². The molecule has 0 spiro atoms.